The molecule has 0 fully saturated rings. The summed E-state index contributed by atoms with van der Waals surface area (Å²) in [6.07, 6.45) is 0.0605. The Balaban J connectivity index is 2.20. The molecule has 2 aromatic carbocycles. The molecular formula is C18H16ClF2NO4. The number of halogens is 3. The van der Waals surface area contributed by atoms with Gasteiger partial charge in [0.2, 0.25) is 0 Å². The SMILES string of the molecule is COC(=O)[C@H](Cc1ccc(OC)c(Cl)c1)NC(=O)c1ccc(F)cc1F. The van der Waals surface area contributed by atoms with Crippen LogP contribution in [0.4, 0.5) is 8.78 Å². The Morgan fingerprint density at radius 2 is 1.88 bits per heavy atom. The van der Waals surface area contributed by atoms with E-state index in [0.29, 0.717) is 22.4 Å². The lowest BCUT2D eigenvalue weighted by Gasteiger charge is -2.17. The topological polar surface area (TPSA) is 64.6 Å². The Kier molecular flexibility index (Phi) is 6.52. The van der Waals surface area contributed by atoms with Crippen LogP contribution in [0.3, 0.4) is 0 Å². The monoisotopic (exact) mass is 383 g/mol. The molecule has 0 saturated carbocycles. The summed E-state index contributed by atoms with van der Waals surface area (Å²) < 4.78 is 36.5. The lowest BCUT2D eigenvalue weighted by Crippen LogP contribution is -2.43. The highest BCUT2D eigenvalue weighted by Crippen LogP contribution is 2.25. The van der Waals surface area contributed by atoms with Crippen LogP contribution in [0.25, 0.3) is 0 Å². The number of nitrogens with one attached hydrogen (secondary N) is 1. The van der Waals surface area contributed by atoms with Crippen LogP contribution in [0.5, 0.6) is 5.75 Å². The molecular weight excluding hydrogens is 368 g/mol. The minimum Gasteiger partial charge on any atom is -0.495 e. The van der Waals surface area contributed by atoms with Gasteiger partial charge in [0.15, 0.2) is 0 Å². The predicted octanol–water partition coefficient (Wildman–Crippen LogP) is 3.14. The number of hydrogen-bond donors (Lipinski definition) is 1. The van der Waals surface area contributed by atoms with Gasteiger partial charge in [0.25, 0.3) is 5.91 Å². The van der Waals surface area contributed by atoms with Gasteiger partial charge in [-0.05, 0) is 29.8 Å². The largest absolute Gasteiger partial charge is 0.495 e. The zero-order valence-electron chi connectivity index (χ0n) is 14.0. The Bertz CT molecular complexity index is 829. The number of methoxy groups -OCH3 is 2. The third-order valence-corrected chi connectivity index (χ3v) is 3.92. The summed E-state index contributed by atoms with van der Waals surface area (Å²) in [4.78, 5) is 24.2. The van der Waals surface area contributed by atoms with E-state index in [1.807, 2.05) is 0 Å². The number of benzene rings is 2. The van der Waals surface area contributed by atoms with E-state index in [0.717, 1.165) is 12.1 Å². The molecule has 5 nitrogen and oxygen atoms in total. The molecule has 2 aromatic rings. The van der Waals surface area contributed by atoms with Crippen molar-refractivity contribution in [1.82, 2.24) is 5.32 Å². The van der Waals surface area contributed by atoms with E-state index >= 15 is 0 Å². The number of amides is 1. The van der Waals surface area contributed by atoms with Crippen LogP contribution in [0.1, 0.15) is 15.9 Å². The molecule has 0 aliphatic rings. The van der Waals surface area contributed by atoms with Gasteiger partial charge in [0.1, 0.15) is 23.4 Å². The van der Waals surface area contributed by atoms with E-state index in [2.05, 4.69) is 10.1 Å². The summed E-state index contributed by atoms with van der Waals surface area (Å²) in [5.74, 6) is -2.96. The normalized spacial score (nSPS) is 11.6. The fraction of sp³-hybridized carbons (Fsp3) is 0.222. The molecule has 0 spiro atoms. The lowest BCUT2D eigenvalue weighted by molar-refractivity contribution is -0.142. The molecule has 0 saturated heterocycles. The molecule has 0 bridgehead atoms. The summed E-state index contributed by atoms with van der Waals surface area (Å²) in [7, 11) is 2.64. The van der Waals surface area contributed by atoms with Crippen LogP contribution in [0, 0.1) is 11.6 Å². The van der Waals surface area contributed by atoms with Crippen LogP contribution >= 0.6 is 11.6 Å². The summed E-state index contributed by atoms with van der Waals surface area (Å²) in [5.41, 5.74) is 0.249. The molecule has 0 aliphatic carbocycles. The molecule has 8 heteroatoms. The van der Waals surface area contributed by atoms with Crippen LogP contribution < -0.4 is 10.1 Å². The standard InChI is InChI=1S/C18H16ClF2NO4/c1-25-16-6-3-10(7-13(16)19)8-15(18(24)26-2)22-17(23)12-5-4-11(20)9-14(12)21/h3-7,9,15H,8H2,1-2H3,(H,22,23)/t15-/m0/s1. The molecule has 138 valence electrons. The van der Waals surface area contributed by atoms with E-state index in [4.69, 9.17) is 16.3 Å². The highest BCUT2D eigenvalue weighted by molar-refractivity contribution is 6.32. The van der Waals surface area contributed by atoms with Gasteiger partial charge < -0.3 is 14.8 Å². The molecule has 0 unspecified atom stereocenters. The molecule has 0 aromatic heterocycles. The van der Waals surface area contributed by atoms with Crippen molar-refractivity contribution in [2.75, 3.05) is 14.2 Å². The fourth-order valence-corrected chi connectivity index (χ4v) is 2.60. The summed E-state index contributed by atoms with van der Waals surface area (Å²) in [6, 6.07) is 6.33. The van der Waals surface area contributed by atoms with Crippen molar-refractivity contribution in [3.8, 4) is 5.75 Å². The van der Waals surface area contributed by atoms with Crippen molar-refractivity contribution >= 4 is 23.5 Å². The van der Waals surface area contributed by atoms with E-state index in [1.54, 1.807) is 18.2 Å². The van der Waals surface area contributed by atoms with Gasteiger partial charge in [-0.3, -0.25) is 4.79 Å². The van der Waals surface area contributed by atoms with Crippen molar-refractivity contribution in [1.29, 1.82) is 0 Å². The maximum absolute atomic E-state index is 13.7. The number of ether oxygens (including phenoxy) is 2. The fourth-order valence-electron chi connectivity index (χ4n) is 2.32. The van der Waals surface area contributed by atoms with E-state index in [9.17, 15) is 18.4 Å². The van der Waals surface area contributed by atoms with E-state index in [1.165, 1.54) is 14.2 Å². The summed E-state index contributed by atoms with van der Waals surface area (Å²) >= 11 is 6.05. The second-order valence-electron chi connectivity index (χ2n) is 5.35. The number of carbonyl (C=O) groups excluding carboxylic acids is 2. The number of carbonyl (C=O) groups is 2. The van der Waals surface area contributed by atoms with Gasteiger partial charge in [0.05, 0.1) is 24.8 Å². The number of hydrogen-bond acceptors (Lipinski definition) is 4. The highest BCUT2D eigenvalue weighted by Gasteiger charge is 2.24. The maximum atomic E-state index is 13.7. The van der Waals surface area contributed by atoms with Crippen molar-refractivity contribution in [3.63, 3.8) is 0 Å². The van der Waals surface area contributed by atoms with Gasteiger partial charge >= 0.3 is 5.97 Å². The molecule has 26 heavy (non-hydrogen) atoms. The van der Waals surface area contributed by atoms with Gasteiger partial charge in [-0.15, -0.1) is 0 Å². The number of rotatable bonds is 6. The van der Waals surface area contributed by atoms with Crippen molar-refractivity contribution in [3.05, 3.63) is 64.2 Å². The molecule has 0 heterocycles. The van der Waals surface area contributed by atoms with Gasteiger partial charge in [0, 0.05) is 12.5 Å². The minimum atomic E-state index is -1.08. The minimum absolute atomic E-state index is 0.0605. The Morgan fingerprint density at radius 3 is 2.46 bits per heavy atom. The quantitative estimate of drug-likeness (QED) is 0.778. The second-order valence-corrected chi connectivity index (χ2v) is 5.75. The van der Waals surface area contributed by atoms with E-state index < -0.39 is 29.6 Å². The Morgan fingerprint density at radius 1 is 1.15 bits per heavy atom. The second kappa shape index (κ2) is 8.62. The zero-order valence-corrected chi connectivity index (χ0v) is 14.8. The summed E-state index contributed by atoms with van der Waals surface area (Å²) in [6.45, 7) is 0. The molecule has 0 radical (unpaired) electrons. The lowest BCUT2D eigenvalue weighted by atomic mass is 10.0. The van der Waals surface area contributed by atoms with Gasteiger partial charge in [-0.1, -0.05) is 17.7 Å². The van der Waals surface area contributed by atoms with Crippen LogP contribution in [-0.2, 0) is 16.0 Å². The highest BCUT2D eigenvalue weighted by atomic mass is 35.5. The molecule has 1 atom stereocenters. The number of esters is 1. The predicted molar refractivity (Wildman–Crippen MR) is 91.3 cm³/mol. The molecule has 1 N–H and O–H groups in total. The van der Waals surface area contributed by atoms with E-state index in [-0.39, 0.29) is 12.0 Å². The summed E-state index contributed by atoms with van der Waals surface area (Å²) in [5, 5.41) is 2.73. The molecule has 1 amide bonds. The van der Waals surface area contributed by atoms with Crippen molar-refractivity contribution < 1.29 is 27.8 Å². The van der Waals surface area contributed by atoms with Crippen LogP contribution in [-0.4, -0.2) is 32.1 Å². The first-order valence-corrected chi connectivity index (χ1v) is 7.89. The average Bonchev–Trinajstić information content (AvgIpc) is 2.60. The Labute approximate surface area is 153 Å². The molecule has 2 rings (SSSR count). The smallest absolute Gasteiger partial charge is 0.328 e. The Hall–Kier alpha value is -2.67. The van der Waals surface area contributed by atoms with Crippen molar-refractivity contribution in [2.24, 2.45) is 0 Å². The van der Waals surface area contributed by atoms with Gasteiger partial charge in [-0.25, -0.2) is 13.6 Å². The zero-order chi connectivity index (χ0) is 19.3. The average molecular weight is 384 g/mol. The van der Waals surface area contributed by atoms with Crippen LogP contribution in [0.15, 0.2) is 36.4 Å². The van der Waals surface area contributed by atoms with Gasteiger partial charge in [-0.2, -0.15) is 0 Å². The third-order valence-electron chi connectivity index (χ3n) is 3.62. The molecule has 0 aliphatic heterocycles. The van der Waals surface area contributed by atoms with Crippen molar-refractivity contribution in [2.45, 2.75) is 12.5 Å². The maximum Gasteiger partial charge on any atom is 0.328 e. The third kappa shape index (κ3) is 4.70. The first-order valence-electron chi connectivity index (χ1n) is 7.52. The van der Waals surface area contributed by atoms with Crippen LogP contribution in [0.2, 0.25) is 5.02 Å². The first-order chi connectivity index (χ1) is 12.3. The first kappa shape index (κ1) is 19.7.